The molecule has 0 aromatic heterocycles. The van der Waals surface area contributed by atoms with Crippen molar-refractivity contribution in [2.24, 2.45) is 20.5 Å². The van der Waals surface area contributed by atoms with Crippen molar-refractivity contribution in [1.29, 1.82) is 0 Å². The Kier molecular flexibility index (Phi) is 5.93. The van der Waals surface area contributed by atoms with Gasteiger partial charge in [-0.15, -0.1) is 15.3 Å². The van der Waals surface area contributed by atoms with Crippen molar-refractivity contribution >= 4 is 50.0 Å². The highest BCUT2D eigenvalue weighted by Gasteiger charge is 2.07. The van der Waals surface area contributed by atoms with E-state index >= 15 is 0 Å². The Morgan fingerprint density at radius 3 is 1.38 bits per heavy atom. The SMILES string of the molecule is Nc1ccc(/N=N/c2ccc(/N=N/c3ccc(-c4ccccc4)cc3)c3ccccc23)c2ccccc12. The highest BCUT2D eigenvalue weighted by Crippen LogP contribution is 2.37. The molecule has 37 heavy (non-hydrogen) atoms. The molecule has 5 heteroatoms. The number of nitrogens with two attached hydrogens (primary N) is 1. The molecule has 0 saturated carbocycles. The van der Waals surface area contributed by atoms with Crippen LogP contribution < -0.4 is 5.73 Å². The Morgan fingerprint density at radius 1 is 0.351 bits per heavy atom. The van der Waals surface area contributed by atoms with Gasteiger partial charge in [0.1, 0.15) is 0 Å². The van der Waals surface area contributed by atoms with Gasteiger partial charge < -0.3 is 5.73 Å². The van der Waals surface area contributed by atoms with Gasteiger partial charge in [0.05, 0.1) is 22.7 Å². The second-order valence-electron chi connectivity index (χ2n) is 8.68. The zero-order valence-corrected chi connectivity index (χ0v) is 20.0. The second kappa shape index (κ2) is 9.84. The molecule has 0 saturated heterocycles. The fourth-order valence-electron chi connectivity index (χ4n) is 4.41. The van der Waals surface area contributed by atoms with E-state index in [0.717, 1.165) is 55.5 Å². The number of azo groups is 2. The van der Waals surface area contributed by atoms with E-state index in [1.54, 1.807) is 0 Å². The van der Waals surface area contributed by atoms with Crippen molar-refractivity contribution in [3.63, 3.8) is 0 Å². The van der Waals surface area contributed by atoms with Gasteiger partial charge in [0, 0.05) is 27.2 Å². The van der Waals surface area contributed by atoms with Crippen molar-refractivity contribution in [3.05, 3.63) is 127 Å². The highest BCUT2D eigenvalue weighted by atomic mass is 15.1. The smallest absolute Gasteiger partial charge is 0.0936 e. The average Bonchev–Trinajstić information content (AvgIpc) is 2.97. The van der Waals surface area contributed by atoms with Crippen LogP contribution in [0.25, 0.3) is 32.7 Å². The van der Waals surface area contributed by atoms with Gasteiger partial charge in [-0.25, -0.2) is 0 Å². The molecule has 6 aromatic carbocycles. The zero-order valence-electron chi connectivity index (χ0n) is 20.0. The van der Waals surface area contributed by atoms with Crippen LogP contribution in [0.3, 0.4) is 0 Å². The molecule has 0 aliphatic rings. The third-order valence-corrected chi connectivity index (χ3v) is 6.33. The summed E-state index contributed by atoms with van der Waals surface area (Å²) in [5.74, 6) is 0. The average molecular weight is 478 g/mol. The minimum absolute atomic E-state index is 0.726. The number of benzene rings is 6. The molecular weight excluding hydrogens is 454 g/mol. The topological polar surface area (TPSA) is 75.5 Å². The lowest BCUT2D eigenvalue weighted by molar-refractivity contribution is 1.23. The Morgan fingerprint density at radius 2 is 0.784 bits per heavy atom. The molecule has 0 amide bonds. The molecule has 6 rings (SSSR count). The molecule has 0 fully saturated rings. The van der Waals surface area contributed by atoms with Crippen LogP contribution in [0.5, 0.6) is 0 Å². The summed E-state index contributed by atoms with van der Waals surface area (Å²) in [5.41, 5.74) is 12.3. The molecule has 0 aliphatic heterocycles. The minimum Gasteiger partial charge on any atom is -0.398 e. The molecule has 176 valence electrons. The molecular formula is C32H23N5. The Hall–Kier alpha value is -5.16. The lowest BCUT2D eigenvalue weighted by Gasteiger charge is -2.06. The third-order valence-electron chi connectivity index (χ3n) is 6.33. The quantitative estimate of drug-likeness (QED) is 0.195. The number of rotatable bonds is 5. The molecule has 6 aromatic rings. The Bertz CT molecular complexity index is 1770. The number of nitrogen functional groups attached to an aromatic ring is 1. The summed E-state index contributed by atoms with van der Waals surface area (Å²) in [6.07, 6.45) is 0. The molecule has 0 heterocycles. The highest BCUT2D eigenvalue weighted by molar-refractivity contribution is 6.01. The molecule has 0 spiro atoms. The van der Waals surface area contributed by atoms with E-state index in [1.165, 1.54) is 5.56 Å². The van der Waals surface area contributed by atoms with Gasteiger partial charge in [0.15, 0.2) is 0 Å². The Balaban J connectivity index is 1.31. The van der Waals surface area contributed by atoms with E-state index in [9.17, 15) is 0 Å². The van der Waals surface area contributed by atoms with Crippen LogP contribution in [0.1, 0.15) is 0 Å². The molecule has 0 aliphatic carbocycles. The largest absolute Gasteiger partial charge is 0.398 e. The maximum absolute atomic E-state index is 6.14. The standard InChI is InChI=1S/C32H23N5/c33-29-18-19-30(26-11-5-4-10-25(26)29)36-37-32-21-20-31(27-12-6-7-13-28(27)32)35-34-24-16-14-23(15-17-24)22-8-2-1-3-9-22/h1-21H,33H2/b35-34+,37-36+. The van der Waals surface area contributed by atoms with Crippen LogP contribution >= 0.6 is 0 Å². The van der Waals surface area contributed by atoms with Crippen LogP contribution in [0.4, 0.5) is 28.4 Å². The first-order valence-electron chi connectivity index (χ1n) is 12.0. The number of hydrogen-bond donors (Lipinski definition) is 1. The zero-order chi connectivity index (χ0) is 25.0. The maximum atomic E-state index is 6.14. The summed E-state index contributed by atoms with van der Waals surface area (Å²) in [6, 6.07) is 42.0. The molecule has 0 atom stereocenters. The predicted molar refractivity (Wildman–Crippen MR) is 153 cm³/mol. The number of anilines is 1. The van der Waals surface area contributed by atoms with E-state index < -0.39 is 0 Å². The van der Waals surface area contributed by atoms with Crippen LogP contribution in [-0.2, 0) is 0 Å². The first-order valence-corrected chi connectivity index (χ1v) is 12.0. The van der Waals surface area contributed by atoms with Crippen LogP contribution in [0, 0.1) is 0 Å². The van der Waals surface area contributed by atoms with Crippen molar-refractivity contribution in [1.82, 2.24) is 0 Å². The van der Waals surface area contributed by atoms with E-state index in [2.05, 4.69) is 44.7 Å². The first kappa shape index (κ1) is 22.3. The molecule has 2 N–H and O–H groups in total. The molecule has 0 radical (unpaired) electrons. The summed E-state index contributed by atoms with van der Waals surface area (Å²) in [6.45, 7) is 0. The van der Waals surface area contributed by atoms with E-state index in [1.807, 2.05) is 103 Å². The molecule has 0 bridgehead atoms. The monoisotopic (exact) mass is 477 g/mol. The minimum atomic E-state index is 0.726. The second-order valence-corrected chi connectivity index (χ2v) is 8.68. The summed E-state index contributed by atoms with van der Waals surface area (Å²) in [5, 5.41) is 22.1. The predicted octanol–water partition coefficient (Wildman–Crippen LogP) is 10.1. The summed E-state index contributed by atoms with van der Waals surface area (Å²) < 4.78 is 0. The van der Waals surface area contributed by atoms with Gasteiger partial charge in [-0.1, -0.05) is 91.0 Å². The van der Waals surface area contributed by atoms with Gasteiger partial charge in [-0.3, -0.25) is 0 Å². The van der Waals surface area contributed by atoms with Crippen molar-refractivity contribution in [2.45, 2.75) is 0 Å². The van der Waals surface area contributed by atoms with Gasteiger partial charge in [0.2, 0.25) is 0 Å². The number of hydrogen-bond acceptors (Lipinski definition) is 5. The fraction of sp³-hybridized carbons (Fsp3) is 0. The van der Waals surface area contributed by atoms with Crippen molar-refractivity contribution < 1.29 is 0 Å². The Labute approximate surface area is 214 Å². The number of fused-ring (bicyclic) bond motifs is 2. The van der Waals surface area contributed by atoms with Crippen LogP contribution in [0.15, 0.2) is 148 Å². The normalized spacial score (nSPS) is 11.7. The van der Waals surface area contributed by atoms with Gasteiger partial charge >= 0.3 is 0 Å². The maximum Gasteiger partial charge on any atom is 0.0936 e. The third kappa shape index (κ3) is 4.58. The van der Waals surface area contributed by atoms with Crippen LogP contribution in [0.2, 0.25) is 0 Å². The van der Waals surface area contributed by atoms with Crippen LogP contribution in [-0.4, -0.2) is 0 Å². The summed E-state index contributed by atoms with van der Waals surface area (Å²) in [7, 11) is 0. The lowest BCUT2D eigenvalue weighted by Crippen LogP contribution is -1.86. The fourth-order valence-corrected chi connectivity index (χ4v) is 4.41. The van der Waals surface area contributed by atoms with Gasteiger partial charge in [0.25, 0.3) is 0 Å². The van der Waals surface area contributed by atoms with Gasteiger partial charge in [-0.2, -0.15) is 5.11 Å². The van der Waals surface area contributed by atoms with Gasteiger partial charge in [-0.05, 0) is 47.5 Å². The lowest BCUT2D eigenvalue weighted by atomic mass is 10.1. The first-order chi connectivity index (χ1) is 18.3. The summed E-state index contributed by atoms with van der Waals surface area (Å²) in [4.78, 5) is 0. The molecule has 5 nitrogen and oxygen atoms in total. The molecule has 0 unspecified atom stereocenters. The number of nitrogens with zero attached hydrogens (tertiary/aromatic N) is 4. The van der Waals surface area contributed by atoms with Crippen molar-refractivity contribution in [3.8, 4) is 11.1 Å². The van der Waals surface area contributed by atoms with E-state index in [0.29, 0.717) is 0 Å². The van der Waals surface area contributed by atoms with E-state index in [-0.39, 0.29) is 0 Å². The van der Waals surface area contributed by atoms with Crippen molar-refractivity contribution in [2.75, 3.05) is 5.73 Å². The van der Waals surface area contributed by atoms with E-state index in [4.69, 9.17) is 5.73 Å². The summed E-state index contributed by atoms with van der Waals surface area (Å²) >= 11 is 0.